The Morgan fingerprint density at radius 1 is 1.11 bits per heavy atom. The number of nitrogens with zero attached hydrogens (tertiary/aromatic N) is 3. The first-order chi connectivity index (χ1) is 17.0. The van der Waals surface area contributed by atoms with Crippen LogP contribution < -0.4 is 4.74 Å². The minimum absolute atomic E-state index is 0.0839. The Balaban J connectivity index is 1.73. The molecule has 4 rings (SSSR count). The first kappa shape index (κ1) is 25.7. The Hall–Kier alpha value is -3.36. The Morgan fingerprint density at radius 3 is 2.42 bits per heavy atom. The van der Waals surface area contributed by atoms with E-state index in [1.54, 1.807) is 30.0 Å². The molecule has 1 aliphatic heterocycles. The first-order valence-corrected chi connectivity index (χ1v) is 12.1. The molecule has 8 nitrogen and oxygen atoms in total. The monoisotopic (exact) mass is 493 g/mol. The lowest BCUT2D eigenvalue weighted by Gasteiger charge is -2.40. The van der Waals surface area contributed by atoms with Gasteiger partial charge in [-0.15, -0.1) is 0 Å². The third-order valence-corrected chi connectivity index (χ3v) is 6.64. The van der Waals surface area contributed by atoms with Crippen LogP contribution in [0, 0.1) is 6.92 Å². The normalized spacial score (nSPS) is 17.3. The number of benzene rings is 2. The highest BCUT2D eigenvalue weighted by Crippen LogP contribution is 2.36. The van der Waals surface area contributed by atoms with E-state index < -0.39 is 17.7 Å². The number of likely N-dealkylation sites (N-methyl/N-ethyl adjacent to an activating group) is 1. The first-order valence-electron chi connectivity index (χ1n) is 12.1. The third-order valence-electron chi connectivity index (χ3n) is 6.64. The molecule has 1 fully saturated rings. The molecule has 1 N–H and O–H groups in total. The van der Waals surface area contributed by atoms with Gasteiger partial charge in [-0.25, -0.2) is 9.59 Å². The number of aryl methyl sites for hydroxylation is 1. The Kier molecular flexibility index (Phi) is 7.11. The Labute approximate surface area is 212 Å². The topological polar surface area (TPSA) is 84.2 Å². The van der Waals surface area contributed by atoms with Crippen LogP contribution in [-0.4, -0.2) is 70.9 Å². The Morgan fingerprint density at radius 2 is 1.81 bits per heavy atom. The number of aromatic nitrogens is 1. The van der Waals surface area contributed by atoms with Crippen LogP contribution in [0.4, 0.5) is 4.79 Å². The SMILES string of the molecule is COc1cc(C)c2c(ccn2C(=O)OC(C)(C)C)c1CN1CCN(C)C[C@@H]1c1ccc(C(=O)O)cc1. The molecule has 0 spiro atoms. The van der Waals surface area contributed by atoms with E-state index >= 15 is 0 Å². The van der Waals surface area contributed by atoms with Gasteiger partial charge in [0, 0.05) is 49.4 Å². The summed E-state index contributed by atoms with van der Waals surface area (Å²) in [6, 6.07) is 11.2. The summed E-state index contributed by atoms with van der Waals surface area (Å²) in [5.74, 6) is -0.152. The van der Waals surface area contributed by atoms with Crippen LogP contribution in [0.15, 0.2) is 42.6 Å². The highest BCUT2D eigenvalue weighted by atomic mass is 16.6. The van der Waals surface area contributed by atoms with Gasteiger partial charge < -0.3 is 19.5 Å². The van der Waals surface area contributed by atoms with Crippen molar-refractivity contribution in [1.82, 2.24) is 14.4 Å². The van der Waals surface area contributed by atoms with Crippen molar-refractivity contribution in [2.45, 2.75) is 45.9 Å². The third kappa shape index (κ3) is 5.24. The molecule has 192 valence electrons. The van der Waals surface area contributed by atoms with Crippen LogP contribution in [0.3, 0.4) is 0 Å². The molecule has 3 aromatic rings. The maximum Gasteiger partial charge on any atom is 0.419 e. The predicted octanol–water partition coefficient (Wildman–Crippen LogP) is 4.93. The van der Waals surface area contributed by atoms with E-state index in [0.29, 0.717) is 6.54 Å². The minimum Gasteiger partial charge on any atom is -0.496 e. The van der Waals surface area contributed by atoms with E-state index in [2.05, 4.69) is 16.8 Å². The summed E-state index contributed by atoms with van der Waals surface area (Å²) < 4.78 is 13.0. The van der Waals surface area contributed by atoms with E-state index in [9.17, 15) is 14.7 Å². The van der Waals surface area contributed by atoms with Crippen molar-refractivity contribution in [3.05, 3.63) is 64.8 Å². The summed E-state index contributed by atoms with van der Waals surface area (Å²) in [6.45, 7) is 10.7. The molecular weight excluding hydrogens is 458 g/mol. The molecule has 0 aliphatic carbocycles. The lowest BCUT2D eigenvalue weighted by molar-refractivity contribution is 0.0543. The molecule has 1 aliphatic rings. The van der Waals surface area contributed by atoms with Crippen molar-refractivity contribution >= 4 is 23.0 Å². The molecule has 1 aromatic heterocycles. The number of carboxylic acids is 1. The smallest absolute Gasteiger partial charge is 0.419 e. The lowest BCUT2D eigenvalue weighted by Crippen LogP contribution is -2.46. The summed E-state index contributed by atoms with van der Waals surface area (Å²) >= 11 is 0. The molecule has 0 bridgehead atoms. The average molecular weight is 494 g/mol. The second-order valence-corrected chi connectivity index (χ2v) is 10.5. The van der Waals surface area contributed by atoms with Crippen molar-refractivity contribution < 1.29 is 24.2 Å². The van der Waals surface area contributed by atoms with Crippen LogP contribution in [0.1, 0.15) is 53.9 Å². The van der Waals surface area contributed by atoms with Crippen molar-refractivity contribution in [2.75, 3.05) is 33.8 Å². The molecule has 1 atom stereocenters. The maximum atomic E-state index is 12.9. The number of methoxy groups -OCH3 is 1. The lowest BCUT2D eigenvalue weighted by atomic mass is 9.98. The molecule has 0 saturated carbocycles. The van der Waals surface area contributed by atoms with E-state index in [0.717, 1.165) is 53.0 Å². The number of carbonyl (C=O) groups is 2. The van der Waals surface area contributed by atoms with Crippen molar-refractivity contribution in [3.63, 3.8) is 0 Å². The van der Waals surface area contributed by atoms with Gasteiger partial charge in [0.1, 0.15) is 11.4 Å². The zero-order valence-electron chi connectivity index (χ0n) is 21.9. The number of hydrogen-bond acceptors (Lipinski definition) is 6. The molecule has 0 amide bonds. The Bertz CT molecular complexity index is 1270. The fourth-order valence-corrected chi connectivity index (χ4v) is 4.88. The van der Waals surface area contributed by atoms with Gasteiger partial charge in [-0.05, 0) is 70.1 Å². The zero-order chi connectivity index (χ0) is 26.2. The summed E-state index contributed by atoms with van der Waals surface area (Å²) in [4.78, 5) is 29.0. The summed E-state index contributed by atoms with van der Waals surface area (Å²) in [6.07, 6.45) is 1.36. The number of fused-ring (bicyclic) bond motifs is 1. The largest absolute Gasteiger partial charge is 0.496 e. The number of rotatable bonds is 5. The molecule has 8 heteroatoms. The fourth-order valence-electron chi connectivity index (χ4n) is 4.88. The summed E-state index contributed by atoms with van der Waals surface area (Å²) in [7, 11) is 3.77. The van der Waals surface area contributed by atoms with Crippen LogP contribution in [0.5, 0.6) is 5.75 Å². The van der Waals surface area contributed by atoms with Gasteiger partial charge in [-0.2, -0.15) is 0 Å². The van der Waals surface area contributed by atoms with Crippen LogP contribution >= 0.6 is 0 Å². The van der Waals surface area contributed by atoms with Crippen LogP contribution in [0.25, 0.3) is 10.9 Å². The second-order valence-electron chi connectivity index (χ2n) is 10.5. The molecular formula is C28H35N3O5. The number of aromatic carboxylic acids is 1. The minimum atomic E-state index is -0.930. The van der Waals surface area contributed by atoms with E-state index in [1.165, 1.54) is 0 Å². The van der Waals surface area contributed by atoms with Crippen LogP contribution in [-0.2, 0) is 11.3 Å². The van der Waals surface area contributed by atoms with Gasteiger partial charge >= 0.3 is 12.1 Å². The van der Waals surface area contributed by atoms with Crippen molar-refractivity contribution in [3.8, 4) is 5.75 Å². The summed E-state index contributed by atoms with van der Waals surface area (Å²) in [5, 5.41) is 10.2. The van der Waals surface area contributed by atoms with Gasteiger partial charge in [-0.1, -0.05) is 12.1 Å². The highest BCUT2D eigenvalue weighted by Gasteiger charge is 2.29. The van der Waals surface area contributed by atoms with E-state index in [-0.39, 0.29) is 11.6 Å². The van der Waals surface area contributed by atoms with Crippen molar-refractivity contribution in [1.29, 1.82) is 0 Å². The summed E-state index contributed by atoms with van der Waals surface area (Å²) in [5.41, 5.74) is 3.51. The molecule has 2 heterocycles. The molecule has 1 saturated heterocycles. The van der Waals surface area contributed by atoms with Gasteiger partial charge in [0.2, 0.25) is 0 Å². The van der Waals surface area contributed by atoms with E-state index in [1.807, 2.05) is 52.0 Å². The molecule has 0 unspecified atom stereocenters. The number of hydrogen-bond donors (Lipinski definition) is 1. The van der Waals surface area contributed by atoms with Gasteiger partial charge in [0.05, 0.1) is 18.2 Å². The molecule has 36 heavy (non-hydrogen) atoms. The molecule has 0 radical (unpaired) electrons. The van der Waals surface area contributed by atoms with Gasteiger partial charge in [0.25, 0.3) is 0 Å². The highest BCUT2D eigenvalue weighted by molar-refractivity contribution is 5.95. The van der Waals surface area contributed by atoms with Gasteiger partial charge in [-0.3, -0.25) is 9.47 Å². The number of carbonyl (C=O) groups excluding carboxylic acids is 1. The zero-order valence-corrected chi connectivity index (χ0v) is 21.9. The second kappa shape index (κ2) is 9.95. The van der Waals surface area contributed by atoms with E-state index in [4.69, 9.17) is 9.47 Å². The maximum absolute atomic E-state index is 12.9. The number of carboxylic acid groups (broad SMARTS) is 1. The number of piperazine rings is 1. The van der Waals surface area contributed by atoms with Crippen molar-refractivity contribution in [2.24, 2.45) is 0 Å². The fraction of sp³-hybridized carbons (Fsp3) is 0.429. The standard InChI is InChI=1S/C28H35N3O5/c1-18-15-24(35-6)22(21-11-12-31(25(18)21)27(34)36-28(2,3)4)16-30-14-13-29(5)17-23(30)19-7-9-20(10-8-19)26(32)33/h7-12,15,23H,13-14,16-17H2,1-6H3,(H,32,33)/t23-/m1/s1. The molecule has 2 aromatic carbocycles. The number of ether oxygens (including phenoxy) is 2. The van der Waals surface area contributed by atoms with Gasteiger partial charge in [0.15, 0.2) is 0 Å². The quantitative estimate of drug-likeness (QED) is 0.540. The average Bonchev–Trinajstić information content (AvgIpc) is 3.27. The van der Waals surface area contributed by atoms with Crippen LogP contribution in [0.2, 0.25) is 0 Å². The predicted molar refractivity (Wildman–Crippen MR) is 139 cm³/mol.